The molecule has 0 aromatic rings. The second-order valence-electron chi connectivity index (χ2n) is 4.11. The molecule has 0 radical (unpaired) electrons. The fourth-order valence-electron chi connectivity index (χ4n) is 1.78. The van der Waals surface area contributed by atoms with Gasteiger partial charge >= 0.3 is 5.97 Å². The highest BCUT2D eigenvalue weighted by molar-refractivity contribution is 7.91. The van der Waals surface area contributed by atoms with Gasteiger partial charge in [-0.15, -0.1) is 0 Å². The maximum Gasteiger partial charge on any atom is 0.305 e. The second-order valence-corrected chi connectivity index (χ2v) is 6.27. The molecule has 2 N–H and O–H groups in total. The number of nitrogens with one attached hydrogen (secondary N) is 1. The zero-order valence-electron chi connectivity index (χ0n) is 9.89. The predicted molar refractivity (Wildman–Crippen MR) is 62.3 cm³/mol. The van der Waals surface area contributed by atoms with E-state index in [1.807, 2.05) is 0 Å². The Morgan fingerprint density at radius 1 is 1.47 bits per heavy atom. The topological polar surface area (TPSA) is 92.7 Å². The van der Waals surface area contributed by atoms with E-state index >= 15 is 0 Å². The third kappa shape index (κ3) is 5.01. The highest BCUT2D eigenvalue weighted by Gasteiger charge is 2.35. The predicted octanol–water partition coefficient (Wildman–Crippen LogP) is -0.923. The smallest absolute Gasteiger partial charge is 0.305 e. The quantitative estimate of drug-likeness (QED) is 0.476. The summed E-state index contributed by atoms with van der Waals surface area (Å²) in [6.07, 6.45) is 0.0287. The molecular weight excluding hydrogens is 246 g/mol. The van der Waals surface area contributed by atoms with Crippen LogP contribution in [0.4, 0.5) is 0 Å². The summed E-state index contributed by atoms with van der Waals surface area (Å²) >= 11 is 0. The molecule has 1 aliphatic rings. The van der Waals surface area contributed by atoms with Crippen molar-refractivity contribution in [3.05, 3.63) is 0 Å². The monoisotopic (exact) mass is 265 g/mol. The molecule has 1 heterocycles. The van der Waals surface area contributed by atoms with Crippen LogP contribution in [-0.4, -0.2) is 56.3 Å². The van der Waals surface area contributed by atoms with Crippen LogP contribution < -0.4 is 5.32 Å². The number of hydrogen-bond acceptors (Lipinski definition) is 6. The van der Waals surface area contributed by atoms with Crippen molar-refractivity contribution in [3.8, 4) is 0 Å². The Kier molecular flexibility index (Phi) is 5.35. The van der Waals surface area contributed by atoms with Gasteiger partial charge in [-0.25, -0.2) is 8.42 Å². The van der Waals surface area contributed by atoms with Crippen LogP contribution in [0, 0.1) is 0 Å². The van der Waals surface area contributed by atoms with Gasteiger partial charge in [-0.3, -0.25) is 4.79 Å². The Labute approximate surface area is 101 Å². The fourth-order valence-corrected chi connectivity index (χ4v) is 3.55. The largest absolute Gasteiger partial charge is 0.466 e. The normalized spacial score (nSPS) is 26.9. The lowest BCUT2D eigenvalue weighted by Crippen LogP contribution is -2.39. The lowest BCUT2D eigenvalue weighted by atomic mass is 10.2. The molecule has 1 rings (SSSR count). The lowest BCUT2D eigenvalue weighted by Gasteiger charge is -2.14. The van der Waals surface area contributed by atoms with E-state index in [2.05, 4.69) is 5.32 Å². The first kappa shape index (κ1) is 14.4. The summed E-state index contributed by atoms with van der Waals surface area (Å²) in [6.45, 7) is 2.61. The Morgan fingerprint density at radius 3 is 2.71 bits per heavy atom. The summed E-state index contributed by atoms with van der Waals surface area (Å²) in [4.78, 5) is 11.0. The number of carbonyl (C=O) groups is 1. The van der Waals surface area contributed by atoms with Gasteiger partial charge in [-0.05, 0) is 19.9 Å². The second kappa shape index (κ2) is 6.32. The van der Waals surface area contributed by atoms with Crippen molar-refractivity contribution < 1.29 is 23.1 Å². The first-order valence-corrected chi connectivity index (χ1v) is 7.54. The van der Waals surface area contributed by atoms with Crippen molar-refractivity contribution in [2.75, 3.05) is 24.7 Å². The maximum atomic E-state index is 11.2. The van der Waals surface area contributed by atoms with Crippen molar-refractivity contribution in [1.29, 1.82) is 0 Å². The standard InChI is InChI=1S/C10H19NO5S/c1-2-16-10(13)4-3-5-11-8-6-17(14,15)7-9(8)12/h8-9,11-12H,2-7H2,1H3. The summed E-state index contributed by atoms with van der Waals surface area (Å²) in [5.74, 6) is -0.468. The van der Waals surface area contributed by atoms with Crippen LogP contribution in [-0.2, 0) is 19.4 Å². The average molecular weight is 265 g/mol. The van der Waals surface area contributed by atoms with Gasteiger partial charge in [-0.1, -0.05) is 0 Å². The van der Waals surface area contributed by atoms with Crippen LogP contribution in [0.5, 0.6) is 0 Å². The molecule has 1 saturated heterocycles. The fraction of sp³-hybridized carbons (Fsp3) is 0.900. The molecule has 6 nitrogen and oxygen atoms in total. The van der Waals surface area contributed by atoms with Crippen molar-refractivity contribution >= 4 is 15.8 Å². The van der Waals surface area contributed by atoms with E-state index in [1.165, 1.54) is 0 Å². The maximum absolute atomic E-state index is 11.2. The van der Waals surface area contributed by atoms with Gasteiger partial charge in [0.05, 0.1) is 24.2 Å². The zero-order valence-corrected chi connectivity index (χ0v) is 10.7. The molecule has 17 heavy (non-hydrogen) atoms. The third-order valence-electron chi connectivity index (χ3n) is 2.59. The van der Waals surface area contributed by atoms with E-state index in [0.717, 1.165) is 0 Å². The molecule has 7 heteroatoms. The minimum absolute atomic E-state index is 0.0342. The van der Waals surface area contributed by atoms with E-state index in [0.29, 0.717) is 26.0 Å². The molecule has 0 aromatic heterocycles. The molecule has 0 aromatic carbocycles. The van der Waals surface area contributed by atoms with Crippen LogP contribution in [0.15, 0.2) is 0 Å². The number of rotatable bonds is 6. The molecule has 0 aliphatic carbocycles. The van der Waals surface area contributed by atoms with E-state index in [1.54, 1.807) is 6.92 Å². The van der Waals surface area contributed by atoms with Gasteiger partial charge in [-0.2, -0.15) is 0 Å². The molecule has 0 bridgehead atoms. The molecule has 2 atom stereocenters. The number of carbonyl (C=O) groups excluding carboxylic acids is 1. The van der Waals surface area contributed by atoms with Crippen molar-refractivity contribution in [3.63, 3.8) is 0 Å². The number of ether oxygens (including phenoxy) is 1. The van der Waals surface area contributed by atoms with Crippen molar-refractivity contribution in [2.45, 2.75) is 31.9 Å². The van der Waals surface area contributed by atoms with Crippen LogP contribution in [0.1, 0.15) is 19.8 Å². The van der Waals surface area contributed by atoms with Crippen molar-refractivity contribution in [1.82, 2.24) is 5.32 Å². The first-order valence-electron chi connectivity index (χ1n) is 5.72. The van der Waals surface area contributed by atoms with E-state index in [9.17, 15) is 18.3 Å². The van der Waals surface area contributed by atoms with Gasteiger partial charge in [0.1, 0.15) is 0 Å². The van der Waals surface area contributed by atoms with Gasteiger partial charge in [0.15, 0.2) is 9.84 Å². The number of aliphatic hydroxyl groups is 1. The SMILES string of the molecule is CCOC(=O)CCCNC1CS(=O)(=O)CC1O. The van der Waals surface area contributed by atoms with Crippen LogP contribution in [0.3, 0.4) is 0 Å². The Balaban J connectivity index is 2.17. The molecule has 1 fully saturated rings. The summed E-state index contributed by atoms with van der Waals surface area (Å²) in [5.41, 5.74) is 0. The molecule has 100 valence electrons. The zero-order chi connectivity index (χ0) is 12.9. The van der Waals surface area contributed by atoms with Crippen LogP contribution in [0.25, 0.3) is 0 Å². The summed E-state index contributed by atoms with van der Waals surface area (Å²) in [5, 5.41) is 12.4. The van der Waals surface area contributed by atoms with Gasteiger partial charge in [0.2, 0.25) is 0 Å². The van der Waals surface area contributed by atoms with Gasteiger partial charge < -0.3 is 15.2 Å². The minimum Gasteiger partial charge on any atom is -0.466 e. The first-order chi connectivity index (χ1) is 7.94. The third-order valence-corrected chi connectivity index (χ3v) is 4.31. The number of sulfone groups is 1. The summed E-state index contributed by atoms with van der Waals surface area (Å²) in [7, 11) is -3.11. The minimum atomic E-state index is -3.11. The molecule has 0 spiro atoms. The Hall–Kier alpha value is -0.660. The molecule has 1 aliphatic heterocycles. The Bertz CT molecular complexity index is 354. The lowest BCUT2D eigenvalue weighted by molar-refractivity contribution is -0.143. The molecule has 0 saturated carbocycles. The van der Waals surface area contributed by atoms with Crippen LogP contribution in [0.2, 0.25) is 0 Å². The summed E-state index contributed by atoms with van der Waals surface area (Å²) in [6, 6.07) is -0.415. The Morgan fingerprint density at radius 2 is 2.18 bits per heavy atom. The molecular formula is C10H19NO5S. The average Bonchev–Trinajstić information content (AvgIpc) is 2.47. The van der Waals surface area contributed by atoms with Gasteiger partial charge in [0.25, 0.3) is 0 Å². The highest BCUT2D eigenvalue weighted by atomic mass is 32.2. The van der Waals surface area contributed by atoms with Gasteiger partial charge in [0, 0.05) is 12.5 Å². The van der Waals surface area contributed by atoms with Crippen molar-refractivity contribution in [2.24, 2.45) is 0 Å². The van der Waals surface area contributed by atoms with E-state index in [4.69, 9.17) is 4.74 Å². The molecule has 2 unspecified atom stereocenters. The number of aliphatic hydroxyl groups excluding tert-OH is 1. The number of hydrogen-bond donors (Lipinski definition) is 2. The molecule has 0 amide bonds. The number of esters is 1. The van der Waals surface area contributed by atoms with E-state index < -0.39 is 22.0 Å². The van der Waals surface area contributed by atoms with E-state index in [-0.39, 0.29) is 17.5 Å². The summed E-state index contributed by atoms with van der Waals surface area (Å²) < 4.78 is 27.2. The highest BCUT2D eigenvalue weighted by Crippen LogP contribution is 2.12. The van der Waals surface area contributed by atoms with Crippen LogP contribution >= 0.6 is 0 Å².